The van der Waals surface area contributed by atoms with Gasteiger partial charge < -0.3 is 0 Å². The predicted octanol–water partition coefficient (Wildman–Crippen LogP) is 5.84. The molecule has 0 radical (unpaired) electrons. The fourth-order valence-electron chi connectivity index (χ4n) is 1.70. The molecule has 2 nitrogen and oxygen atoms in total. The summed E-state index contributed by atoms with van der Waals surface area (Å²) in [6, 6.07) is 10.7. The van der Waals surface area contributed by atoms with Crippen LogP contribution < -0.4 is 0 Å². The highest BCUT2D eigenvalue weighted by Crippen LogP contribution is 2.23. The maximum absolute atomic E-state index is 6.05. The second-order valence-corrected chi connectivity index (χ2v) is 5.97. The Morgan fingerprint density at radius 1 is 0.636 bits per heavy atom. The van der Waals surface area contributed by atoms with Gasteiger partial charge in [-0.05, 0) is 24.3 Å². The molecule has 0 saturated carbocycles. The molecule has 0 bridgehead atoms. The molecule has 0 aliphatic carbocycles. The summed E-state index contributed by atoms with van der Waals surface area (Å²) in [5.74, 6) is 0. The third kappa shape index (κ3) is 4.72. The normalized spacial score (nSPS) is 11.6. The van der Waals surface area contributed by atoms with Gasteiger partial charge in [0.2, 0.25) is 0 Å². The van der Waals surface area contributed by atoms with Gasteiger partial charge in [-0.25, -0.2) is 0 Å². The van der Waals surface area contributed by atoms with Crippen LogP contribution in [0.15, 0.2) is 46.4 Å². The number of rotatable bonds is 5. The van der Waals surface area contributed by atoms with E-state index in [-0.39, 0.29) is 0 Å². The number of aliphatic imine (C=N–C) groups is 2. The fourth-order valence-corrected chi connectivity index (χ4v) is 2.69. The Morgan fingerprint density at radius 2 is 0.955 bits per heavy atom. The molecule has 0 amide bonds. The van der Waals surface area contributed by atoms with E-state index >= 15 is 0 Å². The molecule has 2 aromatic rings. The Bertz CT molecular complexity index is 609. The smallest absolute Gasteiger partial charge is 0.0585 e. The molecule has 0 spiro atoms. The van der Waals surface area contributed by atoms with Gasteiger partial charge in [-0.3, -0.25) is 9.98 Å². The molecule has 0 fully saturated rings. The zero-order valence-corrected chi connectivity index (χ0v) is 14.5. The van der Waals surface area contributed by atoms with Crippen LogP contribution in [0.25, 0.3) is 0 Å². The lowest BCUT2D eigenvalue weighted by Crippen LogP contribution is -1.92. The topological polar surface area (TPSA) is 24.7 Å². The molecule has 0 N–H and O–H groups in total. The molecular weight excluding hydrogens is 362 g/mol. The van der Waals surface area contributed by atoms with Crippen LogP contribution in [0.1, 0.15) is 11.1 Å². The van der Waals surface area contributed by atoms with Crippen LogP contribution in [-0.2, 0) is 0 Å². The lowest BCUT2D eigenvalue weighted by atomic mass is 10.2. The average Bonchev–Trinajstić information content (AvgIpc) is 2.47. The molecule has 0 heterocycles. The highest BCUT2D eigenvalue weighted by molar-refractivity contribution is 6.39. The fraction of sp³-hybridized carbons (Fsp3) is 0.125. The van der Waals surface area contributed by atoms with E-state index in [0.717, 1.165) is 0 Å². The summed E-state index contributed by atoms with van der Waals surface area (Å²) in [5.41, 5.74) is 1.42. The molecular formula is C16H12Cl4N2. The van der Waals surface area contributed by atoms with Crippen molar-refractivity contribution in [3.8, 4) is 0 Å². The minimum Gasteiger partial charge on any atom is -0.291 e. The maximum Gasteiger partial charge on any atom is 0.0585 e. The summed E-state index contributed by atoms with van der Waals surface area (Å²) >= 11 is 24.2. The second-order valence-electron chi connectivity index (χ2n) is 4.34. The molecule has 114 valence electrons. The van der Waals surface area contributed by atoms with Crippen molar-refractivity contribution in [3.05, 3.63) is 67.6 Å². The quantitative estimate of drug-likeness (QED) is 0.464. The van der Waals surface area contributed by atoms with Crippen LogP contribution in [0.4, 0.5) is 0 Å². The lowest BCUT2D eigenvalue weighted by Gasteiger charge is -2.00. The van der Waals surface area contributed by atoms with Crippen molar-refractivity contribution in [2.75, 3.05) is 13.1 Å². The monoisotopic (exact) mass is 372 g/mol. The second kappa shape index (κ2) is 8.54. The van der Waals surface area contributed by atoms with E-state index in [1.54, 1.807) is 48.8 Å². The van der Waals surface area contributed by atoms with E-state index in [0.29, 0.717) is 44.3 Å². The molecule has 0 aliphatic rings. The predicted molar refractivity (Wildman–Crippen MR) is 97.8 cm³/mol. The first-order chi connectivity index (χ1) is 10.6. The molecule has 0 aliphatic heterocycles. The van der Waals surface area contributed by atoms with Gasteiger partial charge in [0.15, 0.2) is 0 Å². The van der Waals surface area contributed by atoms with E-state index < -0.39 is 0 Å². The number of halogens is 4. The van der Waals surface area contributed by atoms with Gasteiger partial charge in [0.05, 0.1) is 33.2 Å². The first-order valence-electron chi connectivity index (χ1n) is 6.47. The highest BCUT2D eigenvalue weighted by Gasteiger charge is 2.02. The molecule has 0 aromatic heterocycles. The van der Waals surface area contributed by atoms with E-state index in [4.69, 9.17) is 46.4 Å². The Labute approximate surface area is 149 Å². The zero-order valence-electron chi connectivity index (χ0n) is 11.4. The summed E-state index contributed by atoms with van der Waals surface area (Å²) in [6.07, 6.45) is 3.31. The number of hydrogen-bond acceptors (Lipinski definition) is 2. The van der Waals surface area contributed by atoms with E-state index in [2.05, 4.69) is 9.98 Å². The van der Waals surface area contributed by atoms with Crippen LogP contribution in [-0.4, -0.2) is 25.5 Å². The van der Waals surface area contributed by atoms with Crippen molar-refractivity contribution in [2.24, 2.45) is 9.98 Å². The maximum atomic E-state index is 6.05. The largest absolute Gasteiger partial charge is 0.291 e. The van der Waals surface area contributed by atoms with Crippen LogP contribution in [0.5, 0.6) is 0 Å². The van der Waals surface area contributed by atoms with Crippen molar-refractivity contribution >= 4 is 58.8 Å². The number of nitrogens with zero attached hydrogens (tertiary/aromatic N) is 2. The zero-order chi connectivity index (χ0) is 15.9. The van der Waals surface area contributed by atoms with Crippen molar-refractivity contribution in [1.82, 2.24) is 0 Å². The molecule has 0 unspecified atom stereocenters. The summed E-state index contributed by atoms with van der Waals surface area (Å²) in [4.78, 5) is 8.53. The van der Waals surface area contributed by atoms with Gasteiger partial charge >= 0.3 is 0 Å². The minimum atomic E-state index is 0.514. The number of benzene rings is 2. The third-order valence-electron chi connectivity index (χ3n) is 2.80. The van der Waals surface area contributed by atoms with Gasteiger partial charge in [-0.1, -0.05) is 58.5 Å². The van der Waals surface area contributed by atoms with Gasteiger partial charge in [0.25, 0.3) is 0 Å². The van der Waals surface area contributed by atoms with Crippen LogP contribution in [0.3, 0.4) is 0 Å². The summed E-state index contributed by atoms with van der Waals surface area (Å²) in [5, 5.41) is 2.29. The third-order valence-corrected chi connectivity index (χ3v) is 4.12. The summed E-state index contributed by atoms with van der Waals surface area (Å²) < 4.78 is 0. The van der Waals surface area contributed by atoms with Crippen molar-refractivity contribution < 1.29 is 0 Å². The highest BCUT2D eigenvalue weighted by atomic mass is 35.5. The Morgan fingerprint density at radius 3 is 1.27 bits per heavy atom. The van der Waals surface area contributed by atoms with Gasteiger partial charge in [-0.2, -0.15) is 0 Å². The molecule has 22 heavy (non-hydrogen) atoms. The van der Waals surface area contributed by atoms with Crippen molar-refractivity contribution in [1.29, 1.82) is 0 Å². The summed E-state index contributed by atoms with van der Waals surface area (Å²) in [7, 11) is 0. The minimum absolute atomic E-state index is 0.514. The Balaban J connectivity index is 1.92. The first-order valence-corrected chi connectivity index (χ1v) is 7.98. The van der Waals surface area contributed by atoms with E-state index in [1.807, 2.05) is 0 Å². The molecule has 0 atom stereocenters. The standard InChI is InChI=1S/C16H12Cl4N2/c17-13-3-1-4-14(18)11(13)9-21-7-8-22-10-12-15(19)5-2-6-16(12)20/h1-6,9-10H,7-8H2. The molecule has 2 aromatic carbocycles. The van der Waals surface area contributed by atoms with Crippen molar-refractivity contribution in [3.63, 3.8) is 0 Å². The van der Waals surface area contributed by atoms with Gasteiger partial charge in [0, 0.05) is 23.6 Å². The molecule has 0 saturated heterocycles. The molecule has 6 heteroatoms. The van der Waals surface area contributed by atoms with Crippen LogP contribution in [0, 0.1) is 0 Å². The lowest BCUT2D eigenvalue weighted by molar-refractivity contribution is 0.985. The SMILES string of the molecule is Clc1cccc(Cl)c1C=NCCN=Cc1c(Cl)cccc1Cl. The number of hydrogen-bond donors (Lipinski definition) is 0. The van der Waals surface area contributed by atoms with E-state index in [9.17, 15) is 0 Å². The van der Waals surface area contributed by atoms with Gasteiger partial charge in [0.1, 0.15) is 0 Å². The Hall–Kier alpha value is -1.06. The Kier molecular flexibility index (Phi) is 6.71. The van der Waals surface area contributed by atoms with Crippen LogP contribution >= 0.6 is 46.4 Å². The van der Waals surface area contributed by atoms with Crippen molar-refractivity contribution in [2.45, 2.75) is 0 Å². The van der Waals surface area contributed by atoms with Gasteiger partial charge in [-0.15, -0.1) is 0 Å². The first kappa shape index (κ1) is 17.3. The van der Waals surface area contributed by atoms with E-state index in [1.165, 1.54) is 0 Å². The van der Waals surface area contributed by atoms with Crippen LogP contribution in [0.2, 0.25) is 20.1 Å². The summed E-state index contributed by atoms with van der Waals surface area (Å²) in [6.45, 7) is 1.03. The average molecular weight is 374 g/mol. The molecule has 2 rings (SSSR count).